The summed E-state index contributed by atoms with van der Waals surface area (Å²) >= 11 is 0. The molecule has 0 heterocycles. The van der Waals surface area contributed by atoms with E-state index in [0.29, 0.717) is 11.8 Å². The highest BCUT2D eigenvalue weighted by Crippen LogP contribution is 2.25. The third-order valence-electron chi connectivity index (χ3n) is 3.80. The second-order valence-electron chi connectivity index (χ2n) is 5.49. The minimum absolute atomic E-state index is 0.107. The summed E-state index contributed by atoms with van der Waals surface area (Å²) in [5, 5.41) is 0. The zero-order valence-corrected chi connectivity index (χ0v) is 12.5. The monoisotopic (exact) mass is 263 g/mol. The van der Waals surface area contributed by atoms with Gasteiger partial charge in [0.05, 0.1) is 0 Å². The van der Waals surface area contributed by atoms with Crippen LogP contribution < -0.4 is 5.73 Å². The first kappa shape index (κ1) is 15.9. The van der Waals surface area contributed by atoms with Crippen LogP contribution in [-0.2, 0) is 6.42 Å². The topological polar surface area (TPSA) is 26.0 Å². The number of hydrogen-bond acceptors (Lipinski definition) is 1. The molecule has 2 atom stereocenters. The maximum atomic E-state index is 12.9. The van der Waals surface area contributed by atoms with Crippen LogP contribution in [0.3, 0.4) is 0 Å². The van der Waals surface area contributed by atoms with Gasteiger partial charge in [0.2, 0.25) is 0 Å². The molecule has 0 bridgehead atoms. The Labute approximate surface area is 116 Å². The molecule has 0 spiro atoms. The highest BCUT2D eigenvalue weighted by molar-refractivity contribution is 5.22. The minimum atomic E-state index is -0.179. The zero-order valence-electron chi connectivity index (χ0n) is 12.5. The van der Waals surface area contributed by atoms with Gasteiger partial charge in [0, 0.05) is 6.04 Å². The molecule has 0 saturated carbocycles. The number of hydrogen-bond donors (Lipinski definition) is 1. The Morgan fingerprint density at radius 3 is 2.26 bits per heavy atom. The van der Waals surface area contributed by atoms with E-state index in [-0.39, 0.29) is 11.9 Å². The molecule has 19 heavy (non-hydrogen) atoms. The average molecular weight is 263 g/mol. The quantitative estimate of drug-likeness (QED) is 0.760. The Morgan fingerprint density at radius 2 is 1.84 bits per heavy atom. The van der Waals surface area contributed by atoms with Crippen LogP contribution in [0, 0.1) is 17.7 Å². The maximum absolute atomic E-state index is 12.9. The van der Waals surface area contributed by atoms with Crippen LogP contribution in [0.4, 0.5) is 4.39 Å². The molecule has 1 aromatic rings. The third kappa shape index (κ3) is 4.46. The number of allylic oxidation sites excluding steroid dienone is 1. The molecule has 0 amide bonds. The normalized spacial score (nSPS) is 15.6. The first-order valence-electron chi connectivity index (χ1n) is 7.15. The summed E-state index contributed by atoms with van der Waals surface area (Å²) < 4.78 is 12.9. The number of nitrogens with two attached hydrogens (primary N) is 1. The van der Waals surface area contributed by atoms with Crippen molar-refractivity contribution in [2.75, 3.05) is 0 Å². The summed E-state index contributed by atoms with van der Waals surface area (Å²) in [4.78, 5) is 0. The van der Waals surface area contributed by atoms with E-state index in [1.165, 1.54) is 23.3 Å². The Hall–Kier alpha value is -1.15. The molecule has 0 saturated heterocycles. The second kappa shape index (κ2) is 7.44. The van der Waals surface area contributed by atoms with Gasteiger partial charge >= 0.3 is 0 Å². The van der Waals surface area contributed by atoms with E-state index in [0.717, 1.165) is 12.8 Å². The van der Waals surface area contributed by atoms with Gasteiger partial charge in [-0.1, -0.05) is 44.6 Å². The van der Waals surface area contributed by atoms with Gasteiger partial charge in [0.15, 0.2) is 0 Å². The van der Waals surface area contributed by atoms with Gasteiger partial charge in [-0.05, 0) is 49.3 Å². The Morgan fingerprint density at radius 1 is 1.26 bits per heavy atom. The third-order valence-corrected chi connectivity index (χ3v) is 3.80. The smallest absolute Gasteiger partial charge is 0.123 e. The first-order valence-corrected chi connectivity index (χ1v) is 7.15. The molecule has 1 rings (SSSR count). The van der Waals surface area contributed by atoms with Crippen LogP contribution in [0.1, 0.15) is 39.7 Å². The van der Waals surface area contributed by atoms with Crippen molar-refractivity contribution in [1.29, 1.82) is 0 Å². The Balaban J connectivity index is 2.84. The molecule has 0 aliphatic carbocycles. The molecule has 0 aliphatic heterocycles. The van der Waals surface area contributed by atoms with Crippen molar-refractivity contribution in [3.8, 4) is 0 Å². The fourth-order valence-corrected chi connectivity index (χ4v) is 2.49. The molecule has 0 aliphatic rings. The van der Waals surface area contributed by atoms with Crippen LogP contribution in [0.2, 0.25) is 0 Å². The lowest BCUT2D eigenvalue weighted by Crippen LogP contribution is -2.32. The van der Waals surface area contributed by atoms with Crippen LogP contribution in [0.25, 0.3) is 0 Å². The number of benzene rings is 1. The van der Waals surface area contributed by atoms with Crippen LogP contribution in [0.15, 0.2) is 35.9 Å². The van der Waals surface area contributed by atoms with Gasteiger partial charge < -0.3 is 5.73 Å². The van der Waals surface area contributed by atoms with E-state index in [1.54, 1.807) is 0 Å². The molecule has 2 N–H and O–H groups in total. The number of rotatable bonds is 6. The maximum Gasteiger partial charge on any atom is 0.123 e. The van der Waals surface area contributed by atoms with E-state index < -0.39 is 0 Å². The first-order chi connectivity index (χ1) is 8.99. The lowest BCUT2D eigenvalue weighted by molar-refractivity contribution is 0.466. The standard InChI is InChI=1S/C17H26FN/c1-5-14(16(6-2)17(19)12(3)4)11-13-7-9-15(18)10-8-13/h6-10,12,14,17H,5,11,19H2,1-4H3. The summed E-state index contributed by atoms with van der Waals surface area (Å²) in [7, 11) is 0. The SMILES string of the molecule is CC=C(C(CC)Cc1ccc(F)cc1)C(N)C(C)C. The van der Waals surface area contributed by atoms with E-state index in [9.17, 15) is 4.39 Å². The van der Waals surface area contributed by atoms with Crippen molar-refractivity contribution < 1.29 is 4.39 Å². The van der Waals surface area contributed by atoms with E-state index in [1.807, 2.05) is 12.1 Å². The van der Waals surface area contributed by atoms with Crippen LogP contribution in [-0.4, -0.2) is 6.04 Å². The summed E-state index contributed by atoms with van der Waals surface area (Å²) in [5.41, 5.74) is 8.79. The van der Waals surface area contributed by atoms with Crippen molar-refractivity contribution in [2.45, 2.75) is 46.6 Å². The van der Waals surface area contributed by atoms with Gasteiger partial charge in [-0.25, -0.2) is 4.39 Å². The highest BCUT2D eigenvalue weighted by atomic mass is 19.1. The molecule has 0 fully saturated rings. The predicted octanol–water partition coefficient (Wildman–Crippen LogP) is 4.32. The lowest BCUT2D eigenvalue weighted by atomic mass is 9.82. The molecular weight excluding hydrogens is 237 g/mol. The van der Waals surface area contributed by atoms with Gasteiger partial charge in [0.1, 0.15) is 5.82 Å². The van der Waals surface area contributed by atoms with Crippen molar-refractivity contribution in [3.05, 3.63) is 47.3 Å². The molecule has 1 aromatic carbocycles. The predicted molar refractivity (Wildman–Crippen MR) is 80.5 cm³/mol. The van der Waals surface area contributed by atoms with Crippen molar-refractivity contribution in [2.24, 2.45) is 17.6 Å². The molecule has 1 nitrogen and oxygen atoms in total. The fraction of sp³-hybridized carbons (Fsp3) is 0.529. The molecule has 106 valence electrons. The van der Waals surface area contributed by atoms with Gasteiger partial charge in [-0.2, -0.15) is 0 Å². The molecule has 0 aromatic heterocycles. The average Bonchev–Trinajstić information content (AvgIpc) is 2.40. The molecule has 2 unspecified atom stereocenters. The van der Waals surface area contributed by atoms with Gasteiger partial charge in [0.25, 0.3) is 0 Å². The van der Waals surface area contributed by atoms with Gasteiger partial charge in [-0.3, -0.25) is 0 Å². The molecular formula is C17H26FN. The Bertz CT molecular complexity index is 406. The summed E-state index contributed by atoms with van der Waals surface area (Å²) in [6.07, 6.45) is 4.14. The van der Waals surface area contributed by atoms with Crippen LogP contribution in [0.5, 0.6) is 0 Å². The van der Waals surface area contributed by atoms with E-state index in [2.05, 4.69) is 33.8 Å². The highest BCUT2D eigenvalue weighted by Gasteiger charge is 2.20. The van der Waals surface area contributed by atoms with Crippen molar-refractivity contribution >= 4 is 0 Å². The van der Waals surface area contributed by atoms with Gasteiger partial charge in [-0.15, -0.1) is 0 Å². The summed E-state index contributed by atoms with van der Waals surface area (Å²) in [5.74, 6) is 0.697. The lowest BCUT2D eigenvalue weighted by Gasteiger charge is -2.27. The van der Waals surface area contributed by atoms with Crippen molar-refractivity contribution in [1.82, 2.24) is 0 Å². The second-order valence-corrected chi connectivity index (χ2v) is 5.49. The van der Waals surface area contributed by atoms with E-state index >= 15 is 0 Å². The minimum Gasteiger partial charge on any atom is -0.324 e. The van der Waals surface area contributed by atoms with Crippen molar-refractivity contribution in [3.63, 3.8) is 0 Å². The molecule has 0 radical (unpaired) electrons. The Kier molecular flexibility index (Phi) is 6.23. The van der Waals surface area contributed by atoms with E-state index in [4.69, 9.17) is 5.73 Å². The molecule has 2 heteroatoms. The van der Waals surface area contributed by atoms with Crippen LogP contribution >= 0.6 is 0 Å². The summed E-state index contributed by atoms with van der Waals surface area (Å²) in [6.45, 7) is 8.55. The largest absolute Gasteiger partial charge is 0.324 e. The summed E-state index contributed by atoms with van der Waals surface area (Å²) in [6, 6.07) is 6.90. The fourth-order valence-electron chi connectivity index (χ4n) is 2.49. The zero-order chi connectivity index (χ0) is 14.4. The number of halogens is 1.